The van der Waals surface area contributed by atoms with Crippen molar-refractivity contribution in [2.24, 2.45) is 17.5 Å². The molecule has 0 aliphatic heterocycles. The Hall–Kier alpha value is -1.19. The summed E-state index contributed by atoms with van der Waals surface area (Å²) < 4.78 is 9.95. The van der Waals surface area contributed by atoms with Crippen LogP contribution in [0.3, 0.4) is 0 Å². The fourth-order valence-electron chi connectivity index (χ4n) is 1.19. The molecule has 130 valence electrons. The molecule has 2 unspecified atom stereocenters. The first-order valence-corrected chi connectivity index (χ1v) is 7.75. The molecule has 0 amide bonds. The van der Waals surface area contributed by atoms with Gasteiger partial charge in [-0.15, -0.1) is 0 Å². The Morgan fingerprint density at radius 1 is 1.41 bits per heavy atom. The van der Waals surface area contributed by atoms with E-state index in [0.717, 1.165) is 31.2 Å². The third-order valence-electron chi connectivity index (χ3n) is 2.77. The predicted molar refractivity (Wildman–Crippen MR) is 87.8 cm³/mol. The summed E-state index contributed by atoms with van der Waals surface area (Å²) >= 11 is 0. The molecule has 1 saturated carbocycles. The minimum atomic E-state index is 0.375. The minimum Gasteiger partial charge on any atom is -0.458 e. The zero-order valence-electron chi connectivity index (χ0n) is 14.2. The molecule has 1 aromatic heterocycles. The molecule has 0 saturated heterocycles. The van der Waals surface area contributed by atoms with Crippen molar-refractivity contribution in [3.8, 4) is 5.88 Å². The molecule has 0 spiro atoms. The average Bonchev–Trinajstić information content (AvgIpc) is 2.97. The summed E-state index contributed by atoms with van der Waals surface area (Å²) in [7, 11) is 0. The van der Waals surface area contributed by atoms with Crippen LogP contribution in [0.5, 0.6) is 5.88 Å². The van der Waals surface area contributed by atoms with E-state index in [1.54, 1.807) is 6.07 Å². The smallest absolute Gasteiger partial charge is 0.255 e. The number of rotatable bonds is 7. The number of nitrogens with zero attached hydrogens (tertiary/aromatic N) is 1. The zero-order valence-corrected chi connectivity index (χ0v) is 14.2. The van der Waals surface area contributed by atoms with E-state index in [2.05, 4.69) is 35.3 Å². The lowest BCUT2D eigenvalue weighted by atomic mass is 10.5. The van der Waals surface area contributed by atoms with Gasteiger partial charge in [0.2, 0.25) is 0 Å². The molecule has 0 aromatic carbocycles. The number of nitrogens with one attached hydrogen (secondary N) is 3. The van der Waals surface area contributed by atoms with Gasteiger partial charge in [0.25, 0.3) is 5.88 Å². The van der Waals surface area contributed by atoms with Gasteiger partial charge in [0, 0.05) is 25.2 Å². The first-order chi connectivity index (χ1) is 10.5. The molecule has 1 aliphatic carbocycles. The second-order valence-corrected chi connectivity index (χ2v) is 5.10. The SMILES string of the molecule is CC1CC1N.CCCNN.CCNNCOc1cc(C)on1. The number of nitrogens with two attached hydrogens (primary N) is 2. The van der Waals surface area contributed by atoms with Crippen molar-refractivity contribution >= 4 is 0 Å². The van der Waals surface area contributed by atoms with Gasteiger partial charge in [-0.05, 0) is 30.8 Å². The van der Waals surface area contributed by atoms with Crippen LogP contribution in [0.1, 0.15) is 39.4 Å². The lowest BCUT2D eigenvalue weighted by molar-refractivity contribution is 0.237. The van der Waals surface area contributed by atoms with Gasteiger partial charge in [-0.1, -0.05) is 20.8 Å². The van der Waals surface area contributed by atoms with Crippen molar-refractivity contribution in [1.29, 1.82) is 0 Å². The van der Waals surface area contributed by atoms with Crippen molar-refractivity contribution in [1.82, 2.24) is 21.4 Å². The monoisotopic (exact) mass is 316 g/mol. The maximum Gasteiger partial charge on any atom is 0.255 e. The fourth-order valence-corrected chi connectivity index (χ4v) is 1.19. The van der Waals surface area contributed by atoms with Gasteiger partial charge in [-0.2, -0.15) is 0 Å². The second kappa shape index (κ2) is 13.5. The maximum absolute atomic E-state index is 5.37. The van der Waals surface area contributed by atoms with Crippen LogP contribution in [-0.4, -0.2) is 31.0 Å². The Bertz CT molecular complexity index is 353. The van der Waals surface area contributed by atoms with Crippen LogP contribution >= 0.6 is 0 Å². The lowest BCUT2D eigenvalue weighted by Crippen LogP contribution is -2.34. The van der Waals surface area contributed by atoms with Gasteiger partial charge in [0.1, 0.15) is 5.76 Å². The molecule has 1 heterocycles. The molecular formula is C14H32N6O2. The Balaban J connectivity index is 0.000000363. The summed E-state index contributed by atoms with van der Waals surface area (Å²) in [4.78, 5) is 0. The Morgan fingerprint density at radius 2 is 2.05 bits per heavy atom. The fraction of sp³-hybridized carbons (Fsp3) is 0.786. The van der Waals surface area contributed by atoms with Gasteiger partial charge in [-0.25, -0.2) is 5.43 Å². The average molecular weight is 316 g/mol. The highest BCUT2D eigenvalue weighted by Crippen LogP contribution is 2.25. The summed E-state index contributed by atoms with van der Waals surface area (Å²) in [5.41, 5.74) is 13.6. The van der Waals surface area contributed by atoms with Gasteiger partial charge in [-0.3, -0.25) is 16.7 Å². The van der Waals surface area contributed by atoms with Crippen molar-refractivity contribution in [2.45, 2.75) is 46.6 Å². The first kappa shape index (κ1) is 20.8. The van der Waals surface area contributed by atoms with Crippen molar-refractivity contribution in [3.63, 3.8) is 0 Å². The minimum absolute atomic E-state index is 0.375. The van der Waals surface area contributed by atoms with Crippen LogP contribution in [0.2, 0.25) is 0 Å². The first-order valence-electron chi connectivity index (χ1n) is 7.75. The molecule has 22 heavy (non-hydrogen) atoms. The summed E-state index contributed by atoms with van der Waals surface area (Å²) in [5.74, 6) is 6.96. The van der Waals surface area contributed by atoms with Crippen molar-refractivity contribution in [2.75, 3.05) is 19.8 Å². The highest BCUT2D eigenvalue weighted by Gasteiger charge is 2.27. The molecule has 2 rings (SSSR count). The number of hydrazine groups is 2. The number of hydrogen-bond donors (Lipinski definition) is 5. The summed E-state index contributed by atoms with van der Waals surface area (Å²) in [6.07, 6.45) is 2.36. The molecule has 1 aliphatic rings. The van der Waals surface area contributed by atoms with E-state index in [9.17, 15) is 0 Å². The molecule has 0 radical (unpaired) electrons. The summed E-state index contributed by atoms with van der Waals surface area (Å²) in [6, 6.07) is 2.28. The molecule has 1 aromatic rings. The van der Waals surface area contributed by atoms with Crippen LogP contribution in [0.25, 0.3) is 0 Å². The number of hydrogen-bond acceptors (Lipinski definition) is 8. The van der Waals surface area contributed by atoms with Crippen molar-refractivity contribution in [3.05, 3.63) is 11.8 Å². The van der Waals surface area contributed by atoms with Crippen LogP contribution in [-0.2, 0) is 0 Å². The van der Waals surface area contributed by atoms with Crippen LogP contribution in [0.4, 0.5) is 0 Å². The third kappa shape index (κ3) is 12.5. The highest BCUT2D eigenvalue weighted by molar-refractivity contribution is 5.08. The quantitative estimate of drug-likeness (QED) is 0.215. The Kier molecular flexibility index (Phi) is 12.7. The molecule has 1 fully saturated rings. The lowest BCUT2D eigenvalue weighted by Gasteiger charge is -2.03. The summed E-state index contributed by atoms with van der Waals surface area (Å²) in [6.45, 7) is 10.2. The topological polar surface area (TPSA) is 123 Å². The Labute approximate surface area is 133 Å². The van der Waals surface area contributed by atoms with E-state index >= 15 is 0 Å². The molecule has 0 bridgehead atoms. The van der Waals surface area contributed by atoms with Crippen molar-refractivity contribution < 1.29 is 9.26 Å². The second-order valence-electron chi connectivity index (χ2n) is 5.10. The molecule has 8 heteroatoms. The number of aryl methyl sites for hydroxylation is 1. The normalized spacial score (nSPS) is 18.6. The van der Waals surface area contributed by atoms with E-state index in [1.807, 2.05) is 13.8 Å². The highest BCUT2D eigenvalue weighted by atomic mass is 16.5. The standard InChI is InChI=1S/C7H13N3O2.C4H9N.C3H10N2/c1-3-8-9-5-11-7-4-6(2)12-10-7;1-3-2-4(3)5;1-2-3-5-4/h4,8-9H,3,5H2,1-2H3;3-4H,2,5H2,1H3;5H,2-4H2,1H3. The van der Waals surface area contributed by atoms with E-state index in [4.69, 9.17) is 20.8 Å². The number of aromatic nitrogens is 1. The van der Waals surface area contributed by atoms with Gasteiger partial charge >= 0.3 is 0 Å². The Morgan fingerprint density at radius 3 is 2.36 bits per heavy atom. The maximum atomic E-state index is 5.37. The largest absolute Gasteiger partial charge is 0.458 e. The van der Waals surface area contributed by atoms with Crippen LogP contribution in [0, 0.1) is 12.8 Å². The van der Waals surface area contributed by atoms with Crippen LogP contribution in [0.15, 0.2) is 10.6 Å². The molecular weight excluding hydrogens is 284 g/mol. The zero-order chi connectivity index (χ0) is 16.8. The molecule has 7 N–H and O–H groups in total. The number of ether oxygens (including phenoxy) is 1. The third-order valence-corrected chi connectivity index (χ3v) is 2.77. The summed E-state index contributed by atoms with van der Waals surface area (Å²) in [5, 5.41) is 3.65. The van der Waals surface area contributed by atoms with E-state index in [0.29, 0.717) is 18.7 Å². The van der Waals surface area contributed by atoms with Gasteiger partial charge < -0.3 is 15.0 Å². The van der Waals surface area contributed by atoms with Gasteiger partial charge in [0.05, 0.1) is 0 Å². The predicted octanol–water partition coefficient (Wildman–Crippen LogP) is 0.647. The van der Waals surface area contributed by atoms with Gasteiger partial charge in [0.15, 0.2) is 6.73 Å². The molecule has 2 atom stereocenters. The van der Waals surface area contributed by atoms with E-state index < -0.39 is 0 Å². The van der Waals surface area contributed by atoms with Crippen LogP contribution < -0.4 is 32.6 Å². The molecule has 8 nitrogen and oxygen atoms in total. The van der Waals surface area contributed by atoms with E-state index in [1.165, 1.54) is 6.42 Å². The van der Waals surface area contributed by atoms with E-state index in [-0.39, 0.29) is 0 Å².